The fourth-order valence-corrected chi connectivity index (χ4v) is 2.29. The molecule has 1 atom stereocenters. The van der Waals surface area contributed by atoms with Crippen LogP contribution in [0.15, 0.2) is 0 Å². The summed E-state index contributed by atoms with van der Waals surface area (Å²) in [4.78, 5) is 15.3. The highest BCUT2D eigenvalue weighted by Gasteiger charge is 2.14. The Balaban J connectivity index is 2.71. The van der Waals surface area contributed by atoms with E-state index in [2.05, 4.69) is 24.1 Å². The van der Waals surface area contributed by atoms with Gasteiger partial charge in [-0.1, -0.05) is 24.7 Å². The fraction of sp³-hybridized carbons (Fsp3) is 0.600. The predicted molar refractivity (Wildman–Crippen MR) is 61.8 cm³/mol. The Labute approximate surface area is 93.4 Å². The van der Waals surface area contributed by atoms with Gasteiger partial charge in [-0.25, -0.2) is 9.78 Å². The van der Waals surface area contributed by atoms with E-state index < -0.39 is 5.97 Å². The van der Waals surface area contributed by atoms with Gasteiger partial charge in [0.05, 0.1) is 5.69 Å². The maximum Gasteiger partial charge on any atom is 0.347 e. The van der Waals surface area contributed by atoms with Crippen molar-refractivity contribution in [2.24, 2.45) is 0 Å². The summed E-state index contributed by atoms with van der Waals surface area (Å²) in [6.45, 7) is 5.91. The Morgan fingerprint density at radius 3 is 2.80 bits per heavy atom. The quantitative estimate of drug-likeness (QED) is 0.813. The number of nitrogens with one attached hydrogen (secondary N) is 1. The number of aromatic nitrogens is 1. The molecule has 0 unspecified atom stereocenters. The average Bonchev–Trinajstić information content (AvgIpc) is 2.47. The predicted octanol–water partition coefficient (Wildman–Crippen LogP) is 2.75. The molecule has 4 nitrogen and oxygen atoms in total. The van der Waals surface area contributed by atoms with Gasteiger partial charge in [-0.3, -0.25) is 0 Å². The molecule has 0 aliphatic rings. The van der Waals surface area contributed by atoms with Crippen molar-refractivity contribution in [3.05, 3.63) is 10.6 Å². The lowest BCUT2D eigenvalue weighted by Gasteiger charge is -2.10. The molecule has 0 aliphatic heterocycles. The van der Waals surface area contributed by atoms with Crippen LogP contribution in [0.5, 0.6) is 0 Å². The zero-order valence-electron chi connectivity index (χ0n) is 9.20. The SMILES string of the molecule is CCC[C@H](C)Nc1nc(C)c(C(=O)O)s1. The molecule has 5 heteroatoms. The molecule has 1 aromatic heterocycles. The summed E-state index contributed by atoms with van der Waals surface area (Å²) < 4.78 is 0. The molecule has 0 spiro atoms. The number of carbonyl (C=O) groups is 1. The number of aryl methyl sites for hydroxylation is 1. The number of carboxylic acid groups (broad SMARTS) is 1. The first-order chi connectivity index (χ1) is 7.04. The lowest BCUT2D eigenvalue weighted by molar-refractivity contribution is 0.0701. The molecule has 2 N–H and O–H groups in total. The third kappa shape index (κ3) is 3.20. The van der Waals surface area contributed by atoms with Crippen LogP contribution in [0.4, 0.5) is 5.13 Å². The van der Waals surface area contributed by atoms with Crippen molar-refractivity contribution < 1.29 is 9.90 Å². The largest absolute Gasteiger partial charge is 0.477 e. The van der Waals surface area contributed by atoms with Crippen LogP contribution in [0, 0.1) is 6.92 Å². The molecule has 0 fully saturated rings. The number of aromatic carboxylic acids is 1. The zero-order valence-corrected chi connectivity index (χ0v) is 10.0. The lowest BCUT2D eigenvalue weighted by atomic mass is 10.2. The van der Waals surface area contributed by atoms with E-state index in [1.807, 2.05) is 0 Å². The Bertz CT molecular complexity index is 349. The van der Waals surface area contributed by atoms with E-state index >= 15 is 0 Å². The number of hydrogen-bond donors (Lipinski definition) is 2. The fourth-order valence-electron chi connectivity index (χ4n) is 1.37. The number of hydrogen-bond acceptors (Lipinski definition) is 4. The van der Waals surface area contributed by atoms with Crippen LogP contribution in [0.3, 0.4) is 0 Å². The van der Waals surface area contributed by atoms with Gasteiger partial charge < -0.3 is 10.4 Å². The van der Waals surface area contributed by atoms with E-state index in [-0.39, 0.29) is 0 Å². The number of carboxylic acids is 1. The van der Waals surface area contributed by atoms with Crippen molar-refractivity contribution in [3.8, 4) is 0 Å². The highest BCUT2D eigenvalue weighted by atomic mass is 32.1. The number of nitrogens with zero attached hydrogens (tertiary/aromatic N) is 1. The van der Waals surface area contributed by atoms with E-state index in [0.29, 0.717) is 21.7 Å². The van der Waals surface area contributed by atoms with E-state index in [1.165, 1.54) is 11.3 Å². The van der Waals surface area contributed by atoms with Crippen molar-refractivity contribution in [2.45, 2.75) is 39.7 Å². The molecule has 0 bridgehead atoms. The highest BCUT2D eigenvalue weighted by Crippen LogP contribution is 2.23. The van der Waals surface area contributed by atoms with Crippen molar-refractivity contribution in [2.75, 3.05) is 5.32 Å². The van der Waals surface area contributed by atoms with Crippen molar-refractivity contribution in [1.29, 1.82) is 0 Å². The summed E-state index contributed by atoms with van der Waals surface area (Å²) in [7, 11) is 0. The molecule has 1 aromatic rings. The molecule has 0 saturated heterocycles. The van der Waals surface area contributed by atoms with Crippen LogP contribution in [0.1, 0.15) is 42.1 Å². The summed E-state index contributed by atoms with van der Waals surface area (Å²) in [5.41, 5.74) is 0.582. The first-order valence-corrected chi connectivity index (χ1v) is 5.83. The van der Waals surface area contributed by atoms with Crippen molar-refractivity contribution in [1.82, 2.24) is 4.98 Å². The first kappa shape index (κ1) is 12.0. The molecular weight excluding hydrogens is 212 g/mol. The van der Waals surface area contributed by atoms with Crippen LogP contribution in [0.25, 0.3) is 0 Å². The normalized spacial score (nSPS) is 12.5. The van der Waals surface area contributed by atoms with Gasteiger partial charge in [0.1, 0.15) is 4.88 Å². The van der Waals surface area contributed by atoms with E-state index in [0.717, 1.165) is 12.8 Å². The van der Waals surface area contributed by atoms with Crippen molar-refractivity contribution >= 4 is 22.4 Å². The van der Waals surface area contributed by atoms with Gasteiger partial charge in [0.2, 0.25) is 0 Å². The number of rotatable bonds is 5. The Morgan fingerprint density at radius 2 is 2.33 bits per heavy atom. The Kier molecular flexibility index (Phi) is 4.08. The molecule has 0 radical (unpaired) electrons. The molecule has 15 heavy (non-hydrogen) atoms. The zero-order chi connectivity index (χ0) is 11.4. The minimum absolute atomic E-state index is 0.321. The lowest BCUT2D eigenvalue weighted by Crippen LogP contribution is -2.14. The summed E-state index contributed by atoms with van der Waals surface area (Å²) >= 11 is 1.20. The smallest absolute Gasteiger partial charge is 0.347 e. The second-order valence-electron chi connectivity index (χ2n) is 3.57. The Hall–Kier alpha value is -1.10. The second-order valence-corrected chi connectivity index (χ2v) is 4.57. The molecule has 0 amide bonds. The molecule has 0 saturated carbocycles. The minimum atomic E-state index is -0.902. The third-order valence-corrected chi connectivity index (χ3v) is 3.16. The average molecular weight is 228 g/mol. The molecular formula is C10H16N2O2S. The third-order valence-electron chi connectivity index (χ3n) is 2.08. The summed E-state index contributed by atoms with van der Waals surface area (Å²) in [5, 5.41) is 12.8. The topological polar surface area (TPSA) is 62.2 Å². The monoisotopic (exact) mass is 228 g/mol. The Morgan fingerprint density at radius 1 is 1.67 bits per heavy atom. The van der Waals surface area contributed by atoms with Gasteiger partial charge in [-0.15, -0.1) is 0 Å². The van der Waals surface area contributed by atoms with E-state index in [1.54, 1.807) is 6.92 Å². The van der Waals surface area contributed by atoms with Crippen LogP contribution < -0.4 is 5.32 Å². The standard InChI is InChI=1S/C10H16N2O2S/c1-4-5-6(2)11-10-12-7(3)8(15-10)9(13)14/h6H,4-5H2,1-3H3,(H,11,12)(H,13,14)/t6-/m0/s1. The van der Waals surface area contributed by atoms with Crippen LogP contribution in [-0.2, 0) is 0 Å². The first-order valence-electron chi connectivity index (χ1n) is 5.01. The minimum Gasteiger partial charge on any atom is -0.477 e. The van der Waals surface area contributed by atoms with Gasteiger partial charge in [-0.2, -0.15) is 0 Å². The van der Waals surface area contributed by atoms with Crippen LogP contribution in [0.2, 0.25) is 0 Å². The summed E-state index contributed by atoms with van der Waals surface area (Å²) in [5.74, 6) is -0.902. The van der Waals surface area contributed by atoms with E-state index in [4.69, 9.17) is 5.11 Å². The maximum absolute atomic E-state index is 10.8. The molecule has 1 rings (SSSR count). The summed E-state index contributed by atoms with van der Waals surface area (Å²) in [6, 6.07) is 0.335. The van der Waals surface area contributed by atoms with Gasteiger partial charge in [0, 0.05) is 6.04 Å². The number of thiazole rings is 1. The van der Waals surface area contributed by atoms with Gasteiger partial charge in [-0.05, 0) is 20.3 Å². The second kappa shape index (κ2) is 5.11. The van der Waals surface area contributed by atoms with Gasteiger partial charge in [0.15, 0.2) is 5.13 Å². The molecule has 1 heterocycles. The van der Waals surface area contributed by atoms with Gasteiger partial charge >= 0.3 is 5.97 Å². The molecule has 84 valence electrons. The van der Waals surface area contributed by atoms with Crippen LogP contribution >= 0.6 is 11.3 Å². The van der Waals surface area contributed by atoms with E-state index in [9.17, 15) is 4.79 Å². The number of anilines is 1. The van der Waals surface area contributed by atoms with Crippen LogP contribution in [-0.4, -0.2) is 22.1 Å². The highest BCUT2D eigenvalue weighted by molar-refractivity contribution is 7.17. The molecule has 0 aromatic carbocycles. The molecule has 0 aliphatic carbocycles. The van der Waals surface area contributed by atoms with Crippen molar-refractivity contribution in [3.63, 3.8) is 0 Å². The van der Waals surface area contributed by atoms with Gasteiger partial charge in [0.25, 0.3) is 0 Å². The summed E-state index contributed by atoms with van der Waals surface area (Å²) in [6.07, 6.45) is 2.16. The maximum atomic E-state index is 10.8.